The number of aromatic amines is 1. The van der Waals surface area contributed by atoms with E-state index < -0.39 is 0 Å². The Morgan fingerprint density at radius 1 is 1.21 bits per heavy atom. The minimum Gasteiger partial charge on any atom is -0.497 e. The molecule has 0 spiro atoms. The summed E-state index contributed by atoms with van der Waals surface area (Å²) in [6, 6.07) is 15.2. The zero-order chi connectivity index (χ0) is 23.7. The maximum Gasteiger partial charge on any atom is 0.281 e. The molecule has 9 nitrogen and oxygen atoms in total. The summed E-state index contributed by atoms with van der Waals surface area (Å²) in [6.45, 7) is 3.59. The summed E-state index contributed by atoms with van der Waals surface area (Å²) in [6.07, 6.45) is 1.68. The van der Waals surface area contributed by atoms with Gasteiger partial charge >= 0.3 is 0 Å². The third-order valence-electron chi connectivity index (χ3n) is 6.25. The van der Waals surface area contributed by atoms with Gasteiger partial charge in [-0.15, -0.1) is 5.10 Å². The fourth-order valence-corrected chi connectivity index (χ4v) is 4.39. The molecule has 0 unspecified atom stereocenters. The SMILES string of the molecule is COc1cccc(Cn2nnc3c(=O)[nH]c([C@@H]4CCCN(C(=O)c5ccc(C)cc5)C4)nc32)c1. The van der Waals surface area contributed by atoms with Crippen molar-refractivity contribution in [2.24, 2.45) is 0 Å². The predicted octanol–water partition coefficient (Wildman–Crippen LogP) is 2.90. The first-order valence-corrected chi connectivity index (χ1v) is 11.3. The van der Waals surface area contributed by atoms with Gasteiger partial charge in [0, 0.05) is 24.6 Å². The summed E-state index contributed by atoms with van der Waals surface area (Å²) in [7, 11) is 1.62. The molecule has 3 heterocycles. The Labute approximate surface area is 196 Å². The number of rotatable bonds is 5. The van der Waals surface area contributed by atoms with Crippen molar-refractivity contribution in [3.63, 3.8) is 0 Å². The fraction of sp³-hybridized carbons (Fsp3) is 0.320. The van der Waals surface area contributed by atoms with Crippen LogP contribution in [0.25, 0.3) is 11.2 Å². The van der Waals surface area contributed by atoms with Crippen LogP contribution in [0.5, 0.6) is 5.75 Å². The van der Waals surface area contributed by atoms with Crippen molar-refractivity contribution >= 4 is 17.1 Å². The van der Waals surface area contributed by atoms with Crippen LogP contribution in [0.2, 0.25) is 0 Å². The van der Waals surface area contributed by atoms with Crippen LogP contribution in [0.15, 0.2) is 53.3 Å². The van der Waals surface area contributed by atoms with Crippen molar-refractivity contribution in [3.05, 3.63) is 81.4 Å². The van der Waals surface area contributed by atoms with Gasteiger partial charge in [-0.25, -0.2) is 9.67 Å². The van der Waals surface area contributed by atoms with E-state index in [1.807, 2.05) is 60.4 Å². The number of piperidine rings is 1. The van der Waals surface area contributed by atoms with Gasteiger partial charge in [0.1, 0.15) is 11.6 Å². The molecule has 0 saturated carbocycles. The lowest BCUT2D eigenvalue weighted by Crippen LogP contribution is -2.40. The number of carbonyl (C=O) groups is 1. The summed E-state index contributed by atoms with van der Waals surface area (Å²) in [5.41, 5.74) is 3.06. The average molecular weight is 459 g/mol. The summed E-state index contributed by atoms with van der Waals surface area (Å²) in [5, 5.41) is 8.21. The molecule has 0 radical (unpaired) electrons. The largest absolute Gasteiger partial charge is 0.497 e. The Bertz CT molecular complexity index is 1390. The van der Waals surface area contributed by atoms with E-state index in [1.54, 1.807) is 11.8 Å². The van der Waals surface area contributed by atoms with Crippen molar-refractivity contribution in [1.82, 2.24) is 29.9 Å². The van der Waals surface area contributed by atoms with Crippen LogP contribution in [0.1, 0.15) is 46.1 Å². The Morgan fingerprint density at radius 2 is 2.03 bits per heavy atom. The molecule has 1 fully saturated rings. The molecule has 1 aliphatic heterocycles. The number of hydrogen-bond acceptors (Lipinski definition) is 6. The first-order chi connectivity index (χ1) is 16.5. The van der Waals surface area contributed by atoms with Crippen LogP contribution in [-0.4, -0.2) is 56.0 Å². The predicted molar refractivity (Wildman–Crippen MR) is 127 cm³/mol. The number of aryl methyl sites for hydroxylation is 1. The molecule has 1 aliphatic rings. The lowest BCUT2D eigenvalue weighted by molar-refractivity contribution is 0.0704. The number of ether oxygens (including phenoxy) is 1. The number of nitrogens with zero attached hydrogens (tertiary/aromatic N) is 5. The van der Waals surface area contributed by atoms with E-state index in [0.29, 0.717) is 36.7 Å². The van der Waals surface area contributed by atoms with Gasteiger partial charge in [-0.1, -0.05) is 35.0 Å². The zero-order valence-corrected chi connectivity index (χ0v) is 19.2. The molecule has 0 bridgehead atoms. The average Bonchev–Trinajstić information content (AvgIpc) is 3.27. The van der Waals surface area contributed by atoms with E-state index in [9.17, 15) is 9.59 Å². The Morgan fingerprint density at radius 3 is 2.82 bits per heavy atom. The van der Waals surface area contributed by atoms with Gasteiger partial charge in [0.05, 0.1) is 13.7 Å². The van der Waals surface area contributed by atoms with Crippen molar-refractivity contribution in [3.8, 4) is 5.75 Å². The van der Waals surface area contributed by atoms with Gasteiger partial charge in [-0.2, -0.15) is 0 Å². The molecular formula is C25H26N6O3. The molecule has 1 saturated heterocycles. The molecule has 0 aliphatic carbocycles. The molecular weight excluding hydrogens is 432 g/mol. The van der Waals surface area contributed by atoms with E-state index in [-0.39, 0.29) is 22.9 Å². The number of hydrogen-bond donors (Lipinski definition) is 1. The molecule has 1 atom stereocenters. The molecule has 174 valence electrons. The van der Waals surface area contributed by atoms with E-state index in [4.69, 9.17) is 9.72 Å². The number of nitrogens with one attached hydrogen (secondary N) is 1. The monoisotopic (exact) mass is 458 g/mol. The minimum absolute atomic E-state index is 0.00198. The molecule has 34 heavy (non-hydrogen) atoms. The number of benzene rings is 2. The highest BCUT2D eigenvalue weighted by molar-refractivity contribution is 5.94. The summed E-state index contributed by atoms with van der Waals surface area (Å²) >= 11 is 0. The number of carbonyl (C=O) groups excluding carboxylic acids is 1. The summed E-state index contributed by atoms with van der Waals surface area (Å²) in [4.78, 5) is 35.3. The van der Waals surface area contributed by atoms with Crippen molar-refractivity contribution < 1.29 is 9.53 Å². The van der Waals surface area contributed by atoms with Crippen LogP contribution in [-0.2, 0) is 6.54 Å². The second kappa shape index (κ2) is 9.09. The van der Waals surface area contributed by atoms with Crippen LogP contribution in [0.4, 0.5) is 0 Å². The van der Waals surface area contributed by atoms with Gasteiger partial charge in [0.2, 0.25) is 0 Å². The smallest absolute Gasteiger partial charge is 0.281 e. The lowest BCUT2D eigenvalue weighted by atomic mass is 9.96. The molecule has 4 aromatic rings. The Kier molecular flexibility index (Phi) is 5.83. The van der Waals surface area contributed by atoms with Crippen LogP contribution < -0.4 is 10.3 Å². The third-order valence-corrected chi connectivity index (χ3v) is 6.25. The summed E-state index contributed by atoms with van der Waals surface area (Å²) < 4.78 is 6.92. The second-order valence-electron chi connectivity index (χ2n) is 8.68. The number of aromatic nitrogens is 5. The van der Waals surface area contributed by atoms with Gasteiger partial charge in [-0.3, -0.25) is 9.59 Å². The number of likely N-dealkylation sites (tertiary alicyclic amines) is 1. The van der Waals surface area contributed by atoms with Crippen molar-refractivity contribution in [2.45, 2.75) is 32.2 Å². The normalized spacial score (nSPS) is 16.1. The third kappa shape index (κ3) is 4.28. The van der Waals surface area contributed by atoms with E-state index >= 15 is 0 Å². The van der Waals surface area contributed by atoms with E-state index in [2.05, 4.69) is 15.3 Å². The van der Waals surface area contributed by atoms with Gasteiger partial charge < -0.3 is 14.6 Å². The van der Waals surface area contributed by atoms with Gasteiger partial charge in [-0.05, 0) is 49.6 Å². The minimum atomic E-state index is -0.320. The van der Waals surface area contributed by atoms with E-state index in [1.165, 1.54) is 0 Å². The van der Waals surface area contributed by atoms with Crippen LogP contribution in [0.3, 0.4) is 0 Å². The lowest BCUT2D eigenvalue weighted by Gasteiger charge is -2.32. The molecule has 2 aromatic heterocycles. The zero-order valence-electron chi connectivity index (χ0n) is 19.2. The maximum atomic E-state index is 13.0. The fourth-order valence-electron chi connectivity index (χ4n) is 4.39. The molecule has 1 amide bonds. The highest BCUT2D eigenvalue weighted by Crippen LogP contribution is 2.26. The topological polar surface area (TPSA) is 106 Å². The quantitative estimate of drug-likeness (QED) is 0.493. The molecule has 1 N–H and O–H groups in total. The number of fused-ring (bicyclic) bond motifs is 1. The van der Waals surface area contributed by atoms with E-state index in [0.717, 1.165) is 29.7 Å². The summed E-state index contributed by atoms with van der Waals surface area (Å²) in [5.74, 6) is 1.24. The van der Waals surface area contributed by atoms with Gasteiger partial charge in [0.15, 0.2) is 11.2 Å². The highest BCUT2D eigenvalue weighted by atomic mass is 16.5. The van der Waals surface area contributed by atoms with Crippen LogP contribution >= 0.6 is 0 Å². The Hall–Kier alpha value is -4.01. The number of H-pyrrole nitrogens is 1. The molecule has 2 aromatic carbocycles. The Balaban J connectivity index is 1.41. The molecule has 5 rings (SSSR count). The van der Waals surface area contributed by atoms with Crippen LogP contribution in [0, 0.1) is 6.92 Å². The number of methoxy groups -OCH3 is 1. The van der Waals surface area contributed by atoms with Crippen molar-refractivity contribution in [2.75, 3.05) is 20.2 Å². The number of amides is 1. The standard InChI is InChI=1S/C25H26N6O3/c1-16-8-10-18(11-9-16)25(33)30-12-4-6-19(15-30)22-26-23-21(24(32)27-22)28-29-31(23)14-17-5-3-7-20(13-17)34-2/h3,5,7-11,13,19H,4,6,12,14-15H2,1-2H3,(H,26,27,32)/t19-/m1/s1. The van der Waals surface area contributed by atoms with Crippen molar-refractivity contribution in [1.29, 1.82) is 0 Å². The highest BCUT2D eigenvalue weighted by Gasteiger charge is 2.28. The molecule has 9 heteroatoms. The van der Waals surface area contributed by atoms with Gasteiger partial charge in [0.25, 0.3) is 11.5 Å². The second-order valence-corrected chi connectivity index (χ2v) is 8.68. The maximum absolute atomic E-state index is 13.0. The first-order valence-electron chi connectivity index (χ1n) is 11.3. The first kappa shape index (κ1) is 21.8.